The highest BCUT2D eigenvalue weighted by molar-refractivity contribution is 5.51. The van der Waals surface area contributed by atoms with E-state index in [1.54, 1.807) is 0 Å². The van der Waals surface area contributed by atoms with Crippen LogP contribution in [0.25, 0.3) is 0 Å². The Morgan fingerprint density at radius 1 is 1.29 bits per heavy atom. The van der Waals surface area contributed by atoms with Crippen molar-refractivity contribution in [3.05, 3.63) is 29.3 Å². The summed E-state index contributed by atoms with van der Waals surface area (Å²) in [6.07, 6.45) is 4.25. The summed E-state index contributed by atoms with van der Waals surface area (Å²) >= 11 is 0. The fourth-order valence-electron chi connectivity index (χ4n) is 1.83. The lowest BCUT2D eigenvalue weighted by atomic mass is 10.1. The predicted molar refractivity (Wildman–Crippen MR) is 61.7 cm³/mol. The number of nitrogens with one attached hydrogen (secondary N) is 1. The van der Waals surface area contributed by atoms with Gasteiger partial charge in [0.15, 0.2) is 0 Å². The van der Waals surface area contributed by atoms with Gasteiger partial charge in [-0.3, -0.25) is 0 Å². The van der Waals surface area contributed by atoms with Gasteiger partial charge in [0.25, 0.3) is 0 Å². The molecule has 1 aromatic carbocycles. The number of rotatable bonds is 4. The Kier molecular flexibility index (Phi) is 2.76. The van der Waals surface area contributed by atoms with Gasteiger partial charge in [-0.1, -0.05) is 30.5 Å². The van der Waals surface area contributed by atoms with Gasteiger partial charge in [-0.25, -0.2) is 0 Å². The van der Waals surface area contributed by atoms with Gasteiger partial charge in [-0.2, -0.15) is 0 Å². The molecule has 1 aliphatic rings. The van der Waals surface area contributed by atoms with Crippen LogP contribution in [0.15, 0.2) is 18.2 Å². The van der Waals surface area contributed by atoms with E-state index in [4.69, 9.17) is 0 Å². The summed E-state index contributed by atoms with van der Waals surface area (Å²) in [6, 6.07) is 6.60. The van der Waals surface area contributed by atoms with E-state index in [1.807, 2.05) is 0 Å². The molecule has 0 radical (unpaired) electrons. The molecule has 1 heteroatoms. The molecule has 0 heterocycles. The van der Waals surface area contributed by atoms with Crippen LogP contribution in [0.5, 0.6) is 0 Å². The maximum absolute atomic E-state index is 3.51. The molecule has 14 heavy (non-hydrogen) atoms. The zero-order valence-electron chi connectivity index (χ0n) is 9.14. The molecule has 0 atom stereocenters. The SMILES string of the molecule is Cc1ccc(NCCC2CC2)c(C)c1. The first-order valence-electron chi connectivity index (χ1n) is 5.57. The standard InChI is InChI=1S/C13H19N/c1-10-3-6-13(11(2)9-10)14-8-7-12-4-5-12/h3,6,9,12,14H,4-5,7-8H2,1-2H3. The smallest absolute Gasteiger partial charge is 0.0370 e. The average Bonchev–Trinajstić information content (AvgIpc) is 2.92. The van der Waals surface area contributed by atoms with Crippen molar-refractivity contribution in [1.29, 1.82) is 0 Å². The van der Waals surface area contributed by atoms with Crippen LogP contribution in [0.2, 0.25) is 0 Å². The molecule has 1 aromatic rings. The highest BCUT2D eigenvalue weighted by Crippen LogP contribution is 2.32. The second-order valence-corrected chi connectivity index (χ2v) is 4.48. The summed E-state index contributed by atoms with van der Waals surface area (Å²) in [5.41, 5.74) is 4.01. The average molecular weight is 189 g/mol. The van der Waals surface area contributed by atoms with E-state index in [-0.39, 0.29) is 0 Å². The summed E-state index contributed by atoms with van der Waals surface area (Å²) in [5.74, 6) is 1.02. The predicted octanol–water partition coefficient (Wildman–Crippen LogP) is 3.52. The zero-order valence-corrected chi connectivity index (χ0v) is 9.14. The van der Waals surface area contributed by atoms with Crippen LogP contribution in [0.3, 0.4) is 0 Å². The van der Waals surface area contributed by atoms with Gasteiger partial charge in [0, 0.05) is 12.2 Å². The van der Waals surface area contributed by atoms with Crippen LogP contribution in [0.1, 0.15) is 30.4 Å². The highest BCUT2D eigenvalue weighted by Gasteiger charge is 2.20. The molecular weight excluding hydrogens is 170 g/mol. The Labute approximate surface area is 86.5 Å². The van der Waals surface area contributed by atoms with Crippen molar-refractivity contribution in [3.8, 4) is 0 Å². The molecule has 0 amide bonds. The Morgan fingerprint density at radius 3 is 2.71 bits per heavy atom. The molecule has 1 N–H and O–H groups in total. The lowest BCUT2D eigenvalue weighted by Gasteiger charge is -2.09. The molecule has 0 unspecified atom stereocenters. The fraction of sp³-hybridized carbons (Fsp3) is 0.538. The Bertz CT molecular complexity index is 313. The summed E-state index contributed by atoms with van der Waals surface area (Å²) in [6.45, 7) is 5.45. The third kappa shape index (κ3) is 2.50. The third-order valence-electron chi connectivity index (χ3n) is 2.95. The first-order chi connectivity index (χ1) is 6.75. The third-order valence-corrected chi connectivity index (χ3v) is 2.95. The van der Waals surface area contributed by atoms with E-state index in [2.05, 4.69) is 37.4 Å². The van der Waals surface area contributed by atoms with Crippen LogP contribution in [0.4, 0.5) is 5.69 Å². The minimum absolute atomic E-state index is 1.02. The topological polar surface area (TPSA) is 12.0 Å². The van der Waals surface area contributed by atoms with Gasteiger partial charge in [-0.15, -0.1) is 0 Å². The molecule has 0 saturated heterocycles. The summed E-state index contributed by atoms with van der Waals surface area (Å²) < 4.78 is 0. The van der Waals surface area contributed by atoms with Crippen LogP contribution in [0, 0.1) is 19.8 Å². The number of aryl methyl sites for hydroxylation is 2. The van der Waals surface area contributed by atoms with Gasteiger partial charge < -0.3 is 5.32 Å². The molecule has 1 nitrogen and oxygen atoms in total. The van der Waals surface area contributed by atoms with Crippen molar-refractivity contribution in [2.75, 3.05) is 11.9 Å². The first-order valence-corrected chi connectivity index (χ1v) is 5.57. The van der Waals surface area contributed by atoms with E-state index < -0.39 is 0 Å². The lowest BCUT2D eigenvalue weighted by Crippen LogP contribution is -2.03. The van der Waals surface area contributed by atoms with Crippen molar-refractivity contribution in [1.82, 2.24) is 0 Å². The Hall–Kier alpha value is -0.980. The van der Waals surface area contributed by atoms with Crippen molar-refractivity contribution >= 4 is 5.69 Å². The molecule has 0 bridgehead atoms. The van der Waals surface area contributed by atoms with Crippen LogP contribution < -0.4 is 5.32 Å². The second-order valence-electron chi connectivity index (χ2n) is 4.48. The van der Waals surface area contributed by atoms with Crippen LogP contribution in [-0.2, 0) is 0 Å². The van der Waals surface area contributed by atoms with E-state index >= 15 is 0 Å². The molecule has 0 spiro atoms. The molecule has 1 saturated carbocycles. The number of hydrogen-bond donors (Lipinski definition) is 1. The molecule has 2 rings (SSSR count). The van der Waals surface area contributed by atoms with Gasteiger partial charge in [-0.05, 0) is 37.8 Å². The quantitative estimate of drug-likeness (QED) is 0.764. The van der Waals surface area contributed by atoms with Crippen molar-refractivity contribution in [3.63, 3.8) is 0 Å². The van der Waals surface area contributed by atoms with Gasteiger partial charge in [0.2, 0.25) is 0 Å². The largest absolute Gasteiger partial charge is 0.385 e. The van der Waals surface area contributed by atoms with Gasteiger partial charge in [0.05, 0.1) is 0 Å². The van der Waals surface area contributed by atoms with Gasteiger partial charge in [0.1, 0.15) is 0 Å². The Balaban J connectivity index is 1.87. The number of benzene rings is 1. The fourth-order valence-corrected chi connectivity index (χ4v) is 1.83. The monoisotopic (exact) mass is 189 g/mol. The molecule has 76 valence electrons. The minimum atomic E-state index is 1.02. The molecule has 0 aliphatic heterocycles. The molecule has 1 aliphatic carbocycles. The van der Waals surface area contributed by atoms with E-state index in [9.17, 15) is 0 Å². The highest BCUT2D eigenvalue weighted by atomic mass is 14.9. The second kappa shape index (κ2) is 4.04. The van der Waals surface area contributed by atoms with Crippen LogP contribution >= 0.6 is 0 Å². The lowest BCUT2D eigenvalue weighted by molar-refractivity contribution is 0.760. The van der Waals surface area contributed by atoms with Crippen molar-refractivity contribution < 1.29 is 0 Å². The van der Waals surface area contributed by atoms with Gasteiger partial charge >= 0.3 is 0 Å². The first kappa shape index (κ1) is 9.57. The molecular formula is C13H19N. The minimum Gasteiger partial charge on any atom is -0.385 e. The van der Waals surface area contributed by atoms with Crippen molar-refractivity contribution in [2.45, 2.75) is 33.1 Å². The van der Waals surface area contributed by atoms with E-state index in [0.717, 1.165) is 12.5 Å². The summed E-state index contributed by atoms with van der Waals surface area (Å²) in [4.78, 5) is 0. The van der Waals surface area contributed by atoms with E-state index in [0.29, 0.717) is 0 Å². The molecule has 1 fully saturated rings. The summed E-state index contributed by atoms with van der Waals surface area (Å²) in [7, 11) is 0. The Morgan fingerprint density at radius 2 is 2.07 bits per heavy atom. The van der Waals surface area contributed by atoms with Crippen LogP contribution in [-0.4, -0.2) is 6.54 Å². The van der Waals surface area contributed by atoms with Crippen molar-refractivity contribution in [2.24, 2.45) is 5.92 Å². The maximum Gasteiger partial charge on any atom is 0.0370 e. The van der Waals surface area contributed by atoms with E-state index in [1.165, 1.54) is 36.1 Å². The molecule has 0 aromatic heterocycles. The zero-order chi connectivity index (χ0) is 9.97. The normalized spacial score (nSPS) is 15.6. The summed E-state index contributed by atoms with van der Waals surface area (Å²) in [5, 5.41) is 3.51. The number of anilines is 1. The number of hydrogen-bond acceptors (Lipinski definition) is 1. The maximum atomic E-state index is 3.51.